The van der Waals surface area contributed by atoms with Gasteiger partial charge < -0.3 is 14.2 Å². The molecule has 6 nitrogen and oxygen atoms in total. The van der Waals surface area contributed by atoms with Gasteiger partial charge in [0, 0.05) is 19.3 Å². The predicted molar refractivity (Wildman–Crippen MR) is 270 cm³/mol. The number of rotatable bonds is 51. The third-order valence-corrected chi connectivity index (χ3v) is 13.7. The molecule has 3 atom stereocenters. The maximum atomic E-state index is 12.6. The summed E-state index contributed by atoms with van der Waals surface area (Å²) in [7, 11) is 0. The Morgan fingerprint density at radius 1 is 0.317 bits per heavy atom. The van der Waals surface area contributed by atoms with Gasteiger partial charge in [0.1, 0.15) is 13.2 Å². The van der Waals surface area contributed by atoms with E-state index in [1.165, 1.54) is 199 Å². The van der Waals surface area contributed by atoms with Gasteiger partial charge in [-0.2, -0.15) is 0 Å². The Morgan fingerprint density at radius 2 is 0.556 bits per heavy atom. The van der Waals surface area contributed by atoms with Gasteiger partial charge in [-0.1, -0.05) is 279 Å². The molecule has 0 spiro atoms. The zero-order valence-corrected chi connectivity index (χ0v) is 43.2. The lowest BCUT2D eigenvalue weighted by Gasteiger charge is -2.18. The molecule has 0 amide bonds. The molecule has 0 aliphatic carbocycles. The molecule has 2 unspecified atom stereocenters. The molecule has 0 N–H and O–H groups in total. The van der Waals surface area contributed by atoms with Crippen molar-refractivity contribution in [3.05, 3.63) is 0 Å². The van der Waals surface area contributed by atoms with Crippen LogP contribution in [0.1, 0.15) is 317 Å². The molecule has 374 valence electrons. The van der Waals surface area contributed by atoms with E-state index < -0.39 is 6.10 Å². The average molecular weight is 892 g/mol. The second-order valence-corrected chi connectivity index (χ2v) is 20.1. The number of carbonyl (C=O) groups excluding carboxylic acids is 3. The molecular weight excluding hydrogens is 781 g/mol. The van der Waals surface area contributed by atoms with E-state index in [1.54, 1.807) is 0 Å². The molecular formula is C57H110O6. The summed E-state index contributed by atoms with van der Waals surface area (Å²) in [5.41, 5.74) is 0. The van der Waals surface area contributed by atoms with E-state index in [1.807, 2.05) is 0 Å². The van der Waals surface area contributed by atoms with Gasteiger partial charge in [-0.05, 0) is 31.1 Å². The lowest BCUT2D eigenvalue weighted by molar-refractivity contribution is -0.167. The van der Waals surface area contributed by atoms with Crippen LogP contribution < -0.4 is 0 Å². The fraction of sp³-hybridized carbons (Fsp3) is 0.947. The van der Waals surface area contributed by atoms with Gasteiger partial charge in [-0.3, -0.25) is 14.4 Å². The molecule has 0 aliphatic rings. The number of unbranched alkanes of at least 4 members (excludes halogenated alkanes) is 34. The summed E-state index contributed by atoms with van der Waals surface area (Å²) in [5, 5.41) is 0. The van der Waals surface area contributed by atoms with E-state index in [4.69, 9.17) is 14.2 Å². The highest BCUT2D eigenvalue weighted by Crippen LogP contribution is 2.19. The van der Waals surface area contributed by atoms with Crippen molar-refractivity contribution in [1.82, 2.24) is 0 Å². The molecule has 0 aromatic carbocycles. The summed E-state index contributed by atoms with van der Waals surface area (Å²) < 4.78 is 16.7. The van der Waals surface area contributed by atoms with Gasteiger partial charge >= 0.3 is 17.9 Å². The second-order valence-electron chi connectivity index (χ2n) is 20.1. The molecule has 0 aliphatic heterocycles. The van der Waals surface area contributed by atoms with Crippen molar-refractivity contribution in [3.8, 4) is 0 Å². The van der Waals surface area contributed by atoms with E-state index in [0.29, 0.717) is 19.3 Å². The molecule has 0 bridgehead atoms. The highest BCUT2D eigenvalue weighted by atomic mass is 16.6. The van der Waals surface area contributed by atoms with Crippen LogP contribution >= 0.6 is 0 Å². The average Bonchev–Trinajstić information content (AvgIpc) is 3.28. The highest BCUT2D eigenvalue weighted by molar-refractivity contribution is 5.71. The number of esters is 3. The van der Waals surface area contributed by atoms with Crippen LogP contribution in [0.15, 0.2) is 0 Å². The van der Waals surface area contributed by atoms with E-state index in [-0.39, 0.29) is 31.1 Å². The molecule has 0 rings (SSSR count). The second kappa shape index (κ2) is 49.8. The molecule has 0 heterocycles. The van der Waals surface area contributed by atoms with Gasteiger partial charge in [0.2, 0.25) is 0 Å². The van der Waals surface area contributed by atoms with Crippen LogP contribution in [0.2, 0.25) is 0 Å². The number of hydrogen-bond donors (Lipinski definition) is 0. The maximum Gasteiger partial charge on any atom is 0.306 e. The van der Waals surface area contributed by atoms with Crippen molar-refractivity contribution in [2.75, 3.05) is 13.2 Å². The molecule has 0 radical (unpaired) electrons. The standard InChI is InChI=1S/C57H110O6/c1-6-9-10-35-44-49-57(60)63-54(51-62-56(59)48-43-39-34-30-26-22-18-17-20-24-28-32-37-41-46-53(5)8-3)50-61-55(58)47-42-38-33-29-25-21-16-14-12-11-13-15-19-23-27-31-36-40-45-52(4)7-2/h52-54H,6-51H2,1-5H3/t52?,53?,54-/m1/s1. The van der Waals surface area contributed by atoms with Crippen LogP contribution in [0.3, 0.4) is 0 Å². The maximum absolute atomic E-state index is 12.6. The zero-order valence-electron chi connectivity index (χ0n) is 43.2. The fourth-order valence-corrected chi connectivity index (χ4v) is 8.63. The topological polar surface area (TPSA) is 78.9 Å². The lowest BCUT2D eigenvalue weighted by atomic mass is 9.99. The third-order valence-electron chi connectivity index (χ3n) is 13.7. The molecule has 0 aromatic heterocycles. The van der Waals surface area contributed by atoms with Crippen LogP contribution in [-0.4, -0.2) is 37.2 Å². The van der Waals surface area contributed by atoms with E-state index in [9.17, 15) is 14.4 Å². The Kier molecular flexibility index (Phi) is 48.6. The zero-order chi connectivity index (χ0) is 46.1. The Labute approximate surface area is 393 Å². The Bertz CT molecular complexity index is 966. The van der Waals surface area contributed by atoms with Crippen LogP contribution in [0.5, 0.6) is 0 Å². The van der Waals surface area contributed by atoms with Gasteiger partial charge in [-0.15, -0.1) is 0 Å². The van der Waals surface area contributed by atoms with E-state index >= 15 is 0 Å². The van der Waals surface area contributed by atoms with E-state index in [0.717, 1.165) is 76.0 Å². The first-order chi connectivity index (χ1) is 30.8. The minimum atomic E-state index is -0.760. The van der Waals surface area contributed by atoms with Crippen molar-refractivity contribution in [1.29, 1.82) is 0 Å². The predicted octanol–water partition coefficient (Wildman–Crippen LogP) is 18.5. The minimum Gasteiger partial charge on any atom is -0.462 e. The quantitative estimate of drug-likeness (QED) is 0.0344. The molecule has 0 saturated heterocycles. The summed E-state index contributed by atoms with van der Waals surface area (Å²) in [6, 6.07) is 0. The normalized spacial score (nSPS) is 12.9. The summed E-state index contributed by atoms with van der Waals surface area (Å²) in [4.78, 5) is 37.7. The van der Waals surface area contributed by atoms with Crippen LogP contribution in [0.25, 0.3) is 0 Å². The first-order valence-corrected chi connectivity index (χ1v) is 28.3. The van der Waals surface area contributed by atoms with Crippen LogP contribution in [-0.2, 0) is 28.6 Å². The van der Waals surface area contributed by atoms with Crippen molar-refractivity contribution in [2.45, 2.75) is 323 Å². The van der Waals surface area contributed by atoms with Gasteiger partial charge in [0.15, 0.2) is 6.10 Å². The Hall–Kier alpha value is -1.59. The molecule has 6 heteroatoms. The highest BCUT2D eigenvalue weighted by Gasteiger charge is 2.19. The summed E-state index contributed by atoms with van der Waals surface area (Å²) >= 11 is 0. The summed E-state index contributed by atoms with van der Waals surface area (Å²) in [6.45, 7) is 11.4. The number of carbonyl (C=O) groups is 3. The first-order valence-electron chi connectivity index (χ1n) is 28.3. The van der Waals surface area contributed by atoms with E-state index in [2.05, 4.69) is 34.6 Å². The Balaban J connectivity index is 3.99. The van der Waals surface area contributed by atoms with Crippen molar-refractivity contribution in [3.63, 3.8) is 0 Å². The number of ether oxygens (including phenoxy) is 3. The van der Waals surface area contributed by atoms with Gasteiger partial charge in [0.25, 0.3) is 0 Å². The monoisotopic (exact) mass is 891 g/mol. The van der Waals surface area contributed by atoms with Crippen LogP contribution in [0.4, 0.5) is 0 Å². The third kappa shape index (κ3) is 48.2. The molecule has 0 saturated carbocycles. The van der Waals surface area contributed by atoms with Crippen molar-refractivity contribution < 1.29 is 28.6 Å². The van der Waals surface area contributed by atoms with Crippen molar-refractivity contribution in [2.24, 2.45) is 11.8 Å². The van der Waals surface area contributed by atoms with Gasteiger partial charge in [0.05, 0.1) is 0 Å². The summed E-state index contributed by atoms with van der Waals surface area (Å²) in [5.74, 6) is 0.948. The van der Waals surface area contributed by atoms with Gasteiger partial charge in [-0.25, -0.2) is 0 Å². The van der Waals surface area contributed by atoms with Crippen LogP contribution in [0, 0.1) is 11.8 Å². The molecule has 63 heavy (non-hydrogen) atoms. The summed E-state index contributed by atoms with van der Waals surface area (Å²) in [6.07, 6.45) is 52.7. The smallest absolute Gasteiger partial charge is 0.306 e. The largest absolute Gasteiger partial charge is 0.462 e. The molecule has 0 fully saturated rings. The Morgan fingerprint density at radius 3 is 0.825 bits per heavy atom. The lowest BCUT2D eigenvalue weighted by Crippen LogP contribution is -2.30. The minimum absolute atomic E-state index is 0.0645. The van der Waals surface area contributed by atoms with Crippen molar-refractivity contribution >= 4 is 17.9 Å². The molecule has 0 aromatic rings. The fourth-order valence-electron chi connectivity index (χ4n) is 8.63. The number of hydrogen-bond acceptors (Lipinski definition) is 6. The first kappa shape index (κ1) is 61.4. The SMILES string of the molecule is CCCCCCCC(=O)O[C@H](COC(=O)CCCCCCCCCCCCCCCCCCCCC(C)CC)COC(=O)CCCCCCCCCCCCCCCCC(C)CC.